The van der Waals surface area contributed by atoms with Crippen LogP contribution in [-0.4, -0.2) is 32.8 Å². The molecule has 0 unspecified atom stereocenters. The molecular formula is C15H18N2O3S2. The number of rotatable bonds is 5. The summed E-state index contributed by atoms with van der Waals surface area (Å²) >= 11 is 2.89. The number of hydrogen-bond acceptors (Lipinski definition) is 6. The molecule has 1 aliphatic rings. The Morgan fingerprint density at radius 3 is 2.95 bits per heavy atom. The fraction of sp³-hybridized carbons (Fsp3) is 0.533. The molecule has 0 fully saturated rings. The lowest BCUT2D eigenvalue weighted by Gasteiger charge is -2.10. The van der Waals surface area contributed by atoms with Gasteiger partial charge in [-0.1, -0.05) is 11.8 Å². The van der Waals surface area contributed by atoms with Gasteiger partial charge < -0.3 is 5.11 Å². The predicted octanol–water partition coefficient (Wildman–Crippen LogP) is 1.92. The van der Waals surface area contributed by atoms with Gasteiger partial charge in [-0.15, -0.1) is 11.3 Å². The Hall–Kier alpha value is -1.18. The minimum atomic E-state index is -0.136. The van der Waals surface area contributed by atoms with Crippen LogP contribution in [0.2, 0.25) is 0 Å². The summed E-state index contributed by atoms with van der Waals surface area (Å²) in [5, 5.41) is 10.1. The van der Waals surface area contributed by atoms with Gasteiger partial charge in [0.1, 0.15) is 10.6 Å². The summed E-state index contributed by atoms with van der Waals surface area (Å²) in [6.45, 7) is -0.136. The Morgan fingerprint density at radius 2 is 2.18 bits per heavy atom. The quantitative estimate of drug-likeness (QED) is 0.666. The van der Waals surface area contributed by atoms with E-state index in [2.05, 4.69) is 4.98 Å². The van der Waals surface area contributed by atoms with Crippen molar-refractivity contribution in [2.24, 2.45) is 7.05 Å². The number of aliphatic hydroxyl groups is 1. The molecule has 22 heavy (non-hydrogen) atoms. The molecule has 0 radical (unpaired) electrons. The van der Waals surface area contributed by atoms with Gasteiger partial charge in [-0.05, 0) is 31.2 Å². The van der Waals surface area contributed by atoms with Crippen molar-refractivity contribution in [1.29, 1.82) is 0 Å². The number of nitrogens with zero attached hydrogens (tertiary/aromatic N) is 2. The van der Waals surface area contributed by atoms with Crippen molar-refractivity contribution in [1.82, 2.24) is 9.55 Å². The second-order valence-corrected chi connectivity index (χ2v) is 7.48. The lowest BCUT2D eigenvalue weighted by molar-refractivity contribution is -0.117. The second-order valence-electron chi connectivity index (χ2n) is 5.45. The summed E-state index contributed by atoms with van der Waals surface area (Å²) in [5.41, 5.74) is 1.17. The molecule has 2 aromatic rings. The van der Waals surface area contributed by atoms with Gasteiger partial charge in [-0.3, -0.25) is 14.2 Å². The van der Waals surface area contributed by atoms with Crippen LogP contribution < -0.4 is 5.56 Å². The van der Waals surface area contributed by atoms with Crippen molar-refractivity contribution in [2.75, 3.05) is 12.4 Å². The number of thioether (sulfide) groups is 1. The van der Waals surface area contributed by atoms with Crippen LogP contribution in [0.3, 0.4) is 0 Å². The normalized spacial score (nSPS) is 14.3. The Morgan fingerprint density at radius 1 is 1.41 bits per heavy atom. The van der Waals surface area contributed by atoms with Crippen molar-refractivity contribution in [2.45, 2.75) is 37.3 Å². The van der Waals surface area contributed by atoms with E-state index in [9.17, 15) is 9.59 Å². The monoisotopic (exact) mass is 338 g/mol. The van der Waals surface area contributed by atoms with Gasteiger partial charge in [0.25, 0.3) is 5.56 Å². The molecule has 5 nitrogen and oxygen atoms in total. The summed E-state index contributed by atoms with van der Waals surface area (Å²) in [7, 11) is 1.71. The van der Waals surface area contributed by atoms with Gasteiger partial charge in [-0.2, -0.15) is 0 Å². The third kappa shape index (κ3) is 2.85. The fourth-order valence-corrected chi connectivity index (χ4v) is 4.91. The summed E-state index contributed by atoms with van der Waals surface area (Å²) in [6, 6.07) is 0. The van der Waals surface area contributed by atoms with E-state index < -0.39 is 0 Å². The van der Waals surface area contributed by atoms with Gasteiger partial charge >= 0.3 is 0 Å². The van der Waals surface area contributed by atoms with Gasteiger partial charge in [0.05, 0.1) is 11.1 Å². The lowest BCUT2D eigenvalue weighted by atomic mass is 9.97. The molecule has 0 amide bonds. The molecule has 0 aliphatic heterocycles. The highest BCUT2D eigenvalue weighted by Gasteiger charge is 2.21. The molecule has 2 heterocycles. The average molecular weight is 338 g/mol. The molecule has 0 aromatic carbocycles. The molecule has 0 saturated heterocycles. The maximum absolute atomic E-state index is 12.6. The largest absolute Gasteiger partial charge is 0.396 e. The predicted molar refractivity (Wildman–Crippen MR) is 88.9 cm³/mol. The summed E-state index contributed by atoms with van der Waals surface area (Å²) in [6.07, 6.45) is 4.47. The second kappa shape index (κ2) is 6.52. The molecule has 1 N–H and O–H groups in total. The zero-order valence-corrected chi connectivity index (χ0v) is 14.1. The maximum Gasteiger partial charge on any atom is 0.262 e. The molecule has 2 aromatic heterocycles. The highest BCUT2D eigenvalue weighted by atomic mass is 32.2. The van der Waals surface area contributed by atoms with Crippen LogP contribution >= 0.6 is 23.1 Å². The summed E-state index contributed by atoms with van der Waals surface area (Å²) in [4.78, 5) is 30.9. The number of carbonyl (C=O) groups excluding carboxylic acids is 1. The number of aromatic nitrogens is 2. The van der Waals surface area contributed by atoms with Gasteiger partial charge in [0.15, 0.2) is 5.16 Å². The summed E-state index contributed by atoms with van der Waals surface area (Å²) < 4.78 is 1.54. The van der Waals surface area contributed by atoms with Crippen molar-refractivity contribution < 1.29 is 9.90 Å². The van der Waals surface area contributed by atoms with Crippen molar-refractivity contribution in [3.05, 3.63) is 20.8 Å². The minimum absolute atomic E-state index is 0.0125. The number of aryl methyl sites for hydroxylation is 2. The highest BCUT2D eigenvalue weighted by Crippen LogP contribution is 2.34. The van der Waals surface area contributed by atoms with Crippen LogP contribution in [0.4, 0.5) is 0 Å². The van der Waals surface area contributed by atoms with Crippen LogP contribution in [0.5, 0.6) is 0 Å². The van der Waals surface area contributed by atoms with Crippen molar-refractivity contribution in [3.8, 4) is 0 Å². The van der Waals surface area contributed by atoms with Crippen LogP contribution in [0.15, 0.2) is 9.95 Å². The molecule has 118 valence electrons. The van der Waals surface area contributed by atoms with Crippen LogP contribution in [-0.2, 0) is 24.7 Å². The number of carbonyl (C=O) groups is 1. The molecular weight excluding hydrogens is 320 g/mol. The molecule has 7 heteroatoms. The molecule has 0 atom stereocenters. The first-order chi connectivity index (χ1) is 10.6. The molecule has 3 rings (SSSR count). The van der Waals surface area contributed by atoms with E-state index in [1.54, 1.807) is 23.0 Å². The zero-order valence-electron chi connectivity index (χ0n) is 12.4. The van der Waals surface area contributed by atoms with E-state index in [-0.39, 0.29) is 30.1 Å². The number of thiophene rings is 1. The van der Waals surface area contributed by atoms with Crippen LogP contribution in [0.25, 0.3) is 10.2 Å². The lowest BCUT2D eigenvalue weighted by Crippen LogP contribution is -2.21. The van der Waals surface area contributed by atoms with E-state index >= 15 is 0 Å². The van der Waals surface area contributed by atoms with Crippen molar-refractivity contribution in [3.63, 3.8) is 0 Å². The maximum atomic E-state index is 12.6. The minimum Gasteiger partial charge on any atom is -0.396 e. The first kappa shape index (κ1) is 15.7. The van der Waals surface area contributed by atoms with E-state index in [1.165, 1.54) is 28.6 Å². The highest BCUT2D eigenvalue weighted by molar-refractivity contribution is 7.99. The van der Waals surface area contributed by atoms with Crippen LogP contribution in [0, 0.1) is 0 Å². The molecule has 0 saturated carbocycles. The summed E-state index contributed by atoms with van der Waals surface area (Å²) in [5.74, 6) is 0.199. The SMILES string of the molecule is Cn1c(SCC(=O)CCO)nc2sc3c(c2c1=O)CCCC3. The standard InChI is InChI=1S/C15H18N2O3S2/c1-17-14(20)12-10-4-2-3-5-11(10)22-13(12)16-15(17)21-8-9(19)6-7-18/h18H,2-8H2,1H3. The Labute approximate surface area is 136 Å². The van der Waals surface area contributed by atoms with Gasteiger partial charge in [-0.25, -0.2) is 4.98 Å². The van der Waals surface area contributed by atoms with E-state index in [0.29, 0.717) is 5.16 Å². The third-order valence-corrected chi connectivity index (χ3v) is 6.18. The number of aliphatic hydroxyl groups excluding tert-OH is 1. The third-order valence-electron chi connectivity index (χ3n) is 3.91. The Bertz CT molecular complexity index is 779. The fourth-order valence-electron chi connectivity index (χ4n) is 2.74. The number of fused-ring (bicyclic) bond motifs is 3. The van der Waals surface area contributed by atoms with Gasteiger partial charge in [0.2, 0.25) is 0 Å². The number of Topliss-reactive ketones (excluding diaryl/α,β-unsaturated/α-hetero) is 1. The number of hydrogen-bond donors (Lipinski definition) is 1. The van der Waals surface area contributed by atoms with Crippen molar-refractivity contribution >= 4 is 39.1 Å². The molecule has 1 aliphatic carbocycles. The molecule has 0 spiro atoms. The average Bonchev–Trinajstić information content (AvgIpc) is 2.88. The Kier molecular flexibility index (Phi) is 4.65. The van der Waals surface area contributed by atoms with Crippen LogP contribution in [0.1, 0.15) is 29.7 Å². The first-order valence-corrected chi connectivity index (χ1v) is 9.18. The van der Waals surface area contributed by atoms with E-state index in [0.717, 1.165) is 29.5 Å². The van der Waals surface area contributed by atoms with E-state index in [1.807, 2.05) is 0 Å². The number of ketones is 1. The first-order valence-electron chi connectivity index (χ1n) is 7.38. The van der Waals surface area contributed by atoms with E-state index in [4.69, 9.17) is 5.11 Å². The smallest absolute Gasteiger partial charge is 0.262 e. The topological polar surface area (TPSA) is 72.2 Å². The zero-order chi connectivity index (χ0) is 15.7. The van der Waals surface area contributed by atoms with Gasteiger partial charge in [0, 0.05) is 25.0 Å². The Balaban J connectivity index is 1.97. The molecule has 0 bridgehead atoms.